The molecule has 4 N–H and O–H groups in total. The summed E-state index contributed by atoms with van der Waals surface area (Å²) in [6.45, 7) is -0.355. The Labute approximate surface area is 235 Å². The molecule has 11 nitrogen and oxygen atoms in total. The van der Waals surface area contributed by atoms with E-state index in [0.717, 1.165) is 0 Å². The number of nitrogens with two attached hydrogens (primary N) is 1. The summed E-state index contributed by atoms with van der Waals surface area (Å²) in [4.78, 5) is 53.8. The van der Waals surface area contributed by atoms with Gasteiger partial charge in [0.05, 0.1) is 40.1 Å². The zero-order chi connectivity index (χ0) is 29.0. The van der Waals surface area contributed by atoms with Crippen molar-refractivity contribution in [2.75, 3.05) is 37.5 Å². The zero-order valence-electron chi connectivity index (χ0n) is 21.1. The van der Waals surface area contributed by atoms with Crippen molar-refractivity contribution in [1.29, 1.82) is 0 Å². The maximum absolute atomic E-state index is 13.1. The van der Waals surface area contributed by atoms with Crippen molar-refractivity contribution in [3.8, 4) is 0 Å². The summed E-state index contributed by atoms with van der Waals surface area (Å²) in [5.41, 5.74) is 5.73. The summed E-state index contributed by atoms with van der Waals surface area (Å²) < 4.78 is 16.4. The molecule has 0 aliphatic heterocycles. The van der Waals surface area contributed by atoms with Crippen LogP contribution in [0.15, 0.2) is 70.1 Å². The molecule has 2 aromatic carbocycles. The van der Waals surface area contributed by atoms with Gasteiger partial charge in [0.1, 0.15) is 5.82 Å². The van der Waals surface area contributed by atoms with E-state index in [4.69, 9.17) is 28.9 Å². The Bertz CT molecular complexity index is 1570. The molecule has 0 fully saturated rings. The normalized spacial score (nSPS) is 12.6. The van der Waals surface area contributed by atoms with Gasteiger partial charge in [-0.25, -0.2) is 18.5 Å². The van der Waals surface area contributed by atoms with E-state index in [0.29, 0.717) is 5.02 Å². The van der Waals surface area contributed by atoms with Gasteiger partial charge in [-0.3, -0.25) is 14.4 Å². The third-order valence-corrected chi connectivity index (χ3v) is 7.56. The predicted octanol–water partition coefficient (Wildman–Crippen LogP) is 4.03. The second-order valence-electron chi connectivity index (χ2n) is 8.95. The number of nitrogens with zero attached hydrogens (tertiary/aromatic N) is 3. The number of carbonyl (C=O) groups is 4. The van der Waals surface area contributed by atoms with Gasteiger partial charge in [0, 0.05) is 27.9 Å². The molecule has 0 aliphatic carbocycles. The number of anilines is 2. The maximum Gasteiger partial charge on any atom is 0.413 e. The van der Waals surface area contributed by atoms with Crippen LogP contribution in [-0.2, 0) is 14.5 Å². The van der Waals surface area contributed by atoms with Gasteiger partial charge in [0.15, 0.2) is 6.54 Å². The van der Waals surface area contributed by atoms with E-state index in [2.05, 4.69) is 20.0 Å². The van der Waals surface area contributed by atoms with Gasteiger partial charge in [0.25, 0.3) is 11.8 Å². The van der Waals surface area contributed by atoms with E-state index in [9.17, 15) is 23.4 Å². The predicted molar refractivity (Wildman–Crippen MR) is 149 cm³/mol. The SMILES string of the molecule is C[N+](C)(CC(=O)N=S(C)(=O)c1ccc(C(=O)Nc2ccc(Cl)cc2C(=O)Nc2ccc(Cl)cn2)cc1)C(N)=O. The van der Waals surface area contributed by atoms with E-state index in [1.165, 1.54) is 75.1 Å². The molecule has 0 spiro atoms. The number of amides is 5. The molecule has 1 heterocycles. The lowest BCUT2D eigenvalue weighted by atomic mass is 10.1. The van der Waals surface area contributed by atoms with E-state index < -0.39 is 38.0 Å². The average molecular weight is 592 g/mol. The van der Waals surface area contributed by atoms with Crippen LogP contribution >= 0.6 is 23.2 Å². The second-order valence-corrected chi connectivity index (χ2v) is 12.1. The summed E-state index contributed by atoms with van der Waals surface area (Å²) in [6.07, 6.45) is 2.65. The Balaban J connectivity index is 1.78. The van der Waals surface area contributed by atoms with Crippen LogP contribution in [0.25, 0.3) is 0 Å². The molecular formula is C25H25Cl2N6O5S+. The number of quaternary nitrogens is 1. The quantitative estimate of drug-likeness (QED) is 0.351. The van der Waals surface area contributed by atoms with Crippen molar-refractivity contribution in [3.05, 3.63) is 82.0 Å². The van der Waals surface area contributed by atoms with Crippen molar-refractivity contribution in [3.63, 3.8) is 0 Å². The average Bonchev–Trinajstić information content (AvgIpc) is 2.85. The lowest BCUT2D eigenvalue weighted by Gasteiger charge is -2.21. The van der Waals surface area contributed by atoms with Crippen molar-refractivity contribution in [1.82, 2.24) is 4.98 Å². The number of halogens is 2. The summed E-state index contributed by atoms with van der Waals surface area (Å²) in [5, 5.41) is 5.95. The highest BCUT2D eigenvalue weighted by Crippen LogP contribution is 2.23. The molecule has 0 aliphatic rings. The fraction of sp³-hybridized carbons (Fsp3) is 0.160. The van der Waals surface area contributed by atoms with Crippen LogP contribution in [0, 0.1) is 0 Å². The minimum Gasteiger partial charge on any atom is -0.321 e. The van der Waals surface area contributed by atoms with Crippen LogP contribution in [0.4, 0.5) is 16.3 Å². The number of hydrogen-bond acceptors (Lipinski definition) is 6. The number of urea groups is 1. The molecule has 0 radical (unpaired) electrons. The third kappa shape index (κ3) is 7.83. The molecule has 1 aromatic heterocycles. The molecule has 1 unspecified atom stereocenters. The summed E-state index contributed by atoms with van der Waals surface area (Å²) >= 11 is 11.9. The van der Waals surface area contributed by atoms with E-state index in [1.807, 2.05) is 0 Å². The number of hydrogen-bond donors (Lipinski definition) is 3. The molecule has 0 saturated carbocycles. The van der Waals surface area contributed by atoms with Gasteiger partial charge in [0.2, 0.25) is 0 Å². The molecule has 204 valence electrons. The first-order valence-corrected chi connectivity index (χ1v) is 13.9. The van der Waals surface area contributed by atoms with Crippen LogP contribution < -0.4 is 16.4 Å². The van der Waals surface area contributed by atoms with E-state index >= 15 is 0 Å². The number of likely N-dealkylation sites (N-methyl/N-ethyl adjacent to an activating group) is 1. The van der Waals surface area contributed by atoms with Crippen molar-refractivity contribution < 1.29 is 27.9 Å². The maximum atomic E-state index is 13.1. The third-order valence-electron chi connectivity index (χ3n) is 5.40. The van der Waals surface area contributed by atoms with Gasteiger partial charge in [-0.05, 0) is 54.6 Å². The molecule has 14 heteroatoms. The lowest BCUT2D eigenvalue weighted by molar-refractivity contribution is -0.798. The van der Waals surface area contributed by atoms with E-state index in [1.54, 1.807) is 6.07 Å². The number of primary amides is 1. The largest absolute Gasteiger partial charge is 0.413 e. The first-order valence-electron chi connectivity index (χ1n) is 11.2. The molecule has 39 heavy (non-hydrogen) atoms. The van der Waals surface area contributed by atoms with E-state index in [-0.39, 0.29) is 39.1 Å². The standard InChI is InChI=1S/C25H24Cl2N6O5S/c1-33(2,25(28)37)14-22(34)32-39(3,38)18-8-4-15(5-9-18)23(35)30-20-10-6-16(26)12-19(20)24(36)31-21-11-7-17(27)13-29-21/h4-13H,14H2,1-3H3,(H3-,28,29,30,31,35,36,37)/p+1. The number of benzene rings is 2. The Morgan fingerprint density at radius 1 is 0.949 bits per heavy atom. The first-order chi connectivity index (χ1) is 18.2. The molecule has 0 saturated heterocycles. The number of pyridine rings is 1. The monoisotopic (exact) mass is 591 g/mol. The highest BCUT2D eigenvalue weighted by Gasteiger charge is 2.27. The fourth-order valence-corrected chi connectivity index (χ4v) is 4.67. The zero-order valence-corrected chi connectivity index (χ0v) is 23.4. The van der Waals surface area contributed by atoms with Gasteiger partial charge in [-0.1, -0.05) is 23.2 Å². The summed E-state index contributed by atoms with van der Waals surface area (Å²) in [6, 6.07) is 12.4. The Morgan fingerprint density at radius 2 is 1.59 bits per heavy atom. The number of carbonyl (C=O) groups excluding carboxylic acids is 4. The Hall–Kier alpha value is -3.84. The topological polar surface area (TPSA) is 161 Å². The Kier molecular flexibility index (Phi) is 9.07. The van der Waals surface area contributed by atoms with Crippen LogP contribution in [0.2, 0.25) is 10.0 Å². The second kappa shape index (κ2) is 11.9. The molecule has 3 aromatic rings. The smallest absolute Gasteiger partial charge is 0.321 e. The highest BCUT2D eigenvalue weighted by molar-refractivity contribution is 7.93. The fourth-order valence-electron chi connectivity index (χ4n) is 3.19. The summed E-state index contributed by atoms with van der Waals surface area (Å²) in [5.74, 6) is -1.62. The molecular weight excluding hydrogens is 567 g/mol. The van der Waals surface area contributed by atoms with Crippen LogP contribution in [-0.4, -0.2) is 64.3 Å². The van der Waals surface area contributed by atoms with Gasteiger partial charge in [-0.15, -0.1) is 0 Å². The molecule has 3 rings (SSSR count). The Morgan fingerprint density at radius 3 is 2.18 bits per heavy atom. The van der Waals surface area contributed by atoms with Gasteiger partial charge in [-0.2, -0.15) is 4.36 Å². The van der Waals surface area contributed by atoms with Crippen molar-refractivity contribution >= 4 is 68.2 Å². The van der Waals surface area contributed by atoms with Crippen LogP contribution in [0.3, 0.4) is 0 Å². The highest BCUT2D eigenvalue weighted by atomic mass is 35.5. The number of rotatable bonds is 7. The van der Waals surface area contributed by atoms with Gasteiger partial charge >= 0.3 is 11.9 Å². The van der Waals surface area contributed by atoms with Crippen LogP contribution in [0.5, 0.6) is 0 Å². The minimum atomic E-state index is -3.16. The van der Waals surface area contributed by atoms with Crippen molar-refractivity contribution in [2.24, 2.45) is 10.1 Å². The number of aromatic nitrogens is 1. The molecule has 5 amide bonds. The first kappa shape index (κ1) is 29.7. The van der Waals surface area contributed by atoms with Crippen LogP contribution in [0.1, 0.15) is 20.7 Å². The summed E-state index contributed by atoms with van der Waals surface area (Å²) in [7, 11) is -0.293. The van der Waals surface area contributed by atoms with Crippen molar-refractivity contribution in [2.45, 2.75) is 4.90 Å². The molecule has 0 bridgehead atoms. The minimum absolute atomic E-state index is 0.0930. The van der Waals surface area contributed by atoms with Gasteiger partial charge < -0.3 is 16.4 Å². The lowest BCUT2D eigenvalue weighted by Crippen LogP contribution is -2.51. The molecule has 1 atom stereocenters. The number of nitrogens with one attached hydrogen (secondary N) is 2.